The molecule has 21 heavy (non-hydrogen) atoms. The third-order valence-electron chi connectivity index (χ3n) is 4.06. The zero-order valence-electron chi connectivity index (χ0n) is 12.6. The van der Waals surface area contributed by atoms with E-state index in [0.29, 0.717) is 0 Å². The molecule has 108 valence electrons. The number of benzene rings is 2. The fourth-order valence-corrected chi connectivity index (χ4v) is 2.65. The lowest BCUT2D eigenvalue weighted by Crippen LogP contribution is -2.21. The molecular weight excluding hydrogens is 258 g/mol. The van der Waals surface area contributed by atoms with Crippen LogP contribution in [0.15, 0.2) is 48.8 Å². The molecular formula is C18H21N3. The number of aromatic nitrogens is 2. The summed E-state index contributed by atoms with van der Waals surface area (Å²) in [7, 11) is 0. The number of hydrogen-bond donors (Lipinski definition) is 1. The number of nitrogens with zero attached hydrogens (tertiary/aromatic N) is 2. The van der Waals surface area contributed by atoms with E-state index in [1.807, 2.05) is 24.5 Å². The van der Waals surface area contributed by atoms with Crippen LogP contribution < -0.4 is 5.73 Å². The van der Waals surface area contributed by atoms with Crippen LogP contribution in [0.25, 0.3) is 16.7 Å². The molecule has 1 aromatic heterocycles. The Morgan fingerprint density at radius 3 is 2.76 bits per heavy atom. The zero-order chi connectivity index (χ0) is 14.8. The molecule has 2 aromatic carbocycles. The molecule has 0 aliphatic rings. The minimum Gasteiger partial charge on any atom is -0.327 e. The lowest BCUT2D eigenvalue weighted by atomic mass is 9.99. The van der Waals surface area contributed by atoms with Crippen molar-refractivity contribution in [3.63, 3.8) is 0 Å². The Balaban J connectivity index is 1.98. The molecule has 0 saturated heterocycles. The van der Waals surface area contributed by atoms with E-state index in [1.165, 1.54) is 11.1 Å². The molecule has 0 amide bonds. The highest BCUT2D eigenvalue weighted by Gasteiger charge is 2.08. The standard InChI is InChI=1S/C18H21N3/c1-3-15(19)11-14-8-9-16(10-13(14)2)21-12-20-17-6-4-5-7-18(17)21/h4-10,12,15H,3,11,19H2,1-2H3. The van der Waals surface area contributed by atoms with Crippen molar-refractivity contribution < 1.29 is 0 Å². The van der Waals surface area contributed by atoms with E-state index in [-0.39, 0.29) is 6.04 Å². The van der Waals surface area contributed by atoms with E-state index < -0.39 is 0 Å². The van der Waals surface area contributed by atoms with Crippen LogP contribution in [0.2, 0.25) is 0 Å². The highest BCUT2D eigenvalue weighted by molar-refractivity contribution is 5.77. The van der Waals surface area contributed by atoms with Gasteiger partial charge >= 0.3 is 0 Å². The van der Waals surface area contributed by atoms with Crippen molar-refractivity contribution in [3.8, 4) is 5.69 Å². The molecule has 1 unspecified atom stereocenters. The smallest absolute Gasteiger partial charge is 0.100 e. The maximum atomic E-state index is 6.07. The lowest BCUT2D eigenvalue weighted by Gasteiger charge is -2.13. The zero-order valence-corrected chi connectivity index (χ0v) is 12.6. The van der Waals surface area contributed by atoms with Gasteiger partial charge in [-0.25, -0.2) is 4.98 Å². The summed E-state index contributed by atoms with van der Waals surface area (Å²) < 4.78 is 2.13. The molecule has 0 aliphatic carbocycles. The third kappa shape index (κ3) is 2.69. The van der Waals surface area contributed by atoms with Crippen LogP contribution in [0.4, 0.5) is 0 Å². The van der Waals surface area contributed by atoms with Gasteiger partial charge in [-0.2, -0.15) is 0 Å². The van der Waals surface area contributed by atoms with E-state index in [0.717, 1.165) is 29.6 Å². The molecule has 2 N–H and O–H groups in total. The molecule has 0 fully saturated rings. The van der Waals surface area contributed by atoms with E-state index in [4.69, 9.17) is 5.73 Å². The van der Waals surface area contributed by atoms with Crippen LogP contribution in [-0.2, 0) is 6.42 Å². The molecule has 3 heteroatoms. The van der Waals surface area contributed by atoms with Crippen LogP contribution in [0.3, 0.4) is 0 Å². The lowest BCUT2D eigenvalue weighted by molar-refractivity contribution is 0.644. The maximum Gasteiger partial charge on any atom is 0.100 e. The fraction of sp³-hybridized carbons (Fsp3) is 0.278. The van der Waals surface area contributed by atoms with Gasteiger partial charge in [-0.15, -0.1) is 0 Å². The molecule has 3 rings (SSSR count). The summed E-state index contributed by atoms with van der Waals surface area (Å²) >= 11 is 0. The van der Waals surface area contributed by atoms with Gasteiger partial charge in [-0.05, 0) is 55.2 Å². The van der Waals surface area contributed by atoms with Crippen LogP contribution in [0, 0.1) is 6.92 Å². The van der Waals surface area contributed by atoms with E-state index in [1.54, 1.807) is 0 Å². The minimum atomic E-state index is 0.239. The van der Waals surface area contributed by atoms with Crippen molar-refractivity contribution in [1.29, 1.82) is 0 Å². The number of para-hydroxylation sites is 2. The Labute approximate surface area is 125 Å². The number of imidazole rings is 1. The largest absolute Gasteiger partial charge is 0.327 e. The van der Waals surface area contributed by atoms with Crippen molar-refractivity contribution in [2.75, 3.05) is 0 Å². The van der Waals surface area contributed by atoms with Crippen molar-refractivity contribution in [3.05, 3.63) is 59.9 Å². The summed E-state index contributed by atoms with van der Waals surface area (Å²) in [6.45, 7) is 4.28. The Morgan fingerprint density at radius 1 is 1.19 bits per heavy atom. The summed E-state index contributed by atoms with van der Waals surface area (Å²) in [5.74, 6) is 0. The van der Waals surface area contributed by atoms with Gasteiger partial charge in [-0.3, -0.25) is 4.57 Å². The van der Waals surface area contributed by atoms with Crippen molar-refractivity contribution in [2.45, 2.75) is 32.7 Å². The van der Waals surface area contributed by atoms with E-state index >= 15 is 0 Å². The summed E-state index contributed by atoms with van der Waals surface area (Å²) in [5.41, 5.74) is 12.0. The normalized spacial score (nSPS) is 12.7. The second kappa shape index (κ2) is 5.70. The second-order valence-electron chi connectivity index (χ2n) is 5.59. The molecule has 3 aromatic rings. The molecule has 1 heterocycles. The Hall–Kier alpha value is -2.13. The van der Waals surface area contributed by atoms with Gasteiger partial charge in [0, 0.05) is 11.7 Å². The first-order chi connectivity index (χ1) is 10.2. The molecule has 0 radical (unpaired) electrons. The number of rotatable bonds is 4. The highest BCUT2D eigenvalue weighted by Crippen LogP contribution is 2.21. The number of fused-ring (bicyclic) bond motifs is 1. The molecule has 3 nitrogen and oxygen atoms in total. The predicted octanol–water partition coefficient (Wildman–Crippen LogP) is 3.61. The van der Waals surface area contributed by atoms with Crippen LogP contribution in [0.1, 0.15) is 24.5 Å². The minimum absolute atomic E-state index is 0.239. The molecule has 0 bridgehead atoms. The Kier molecular flexibility index (Phi) is 3.76. The quantitative estimate of drug-likeness (QED) is 0.792. The fourth-order valence-electron chi connectivity index (χ4n) is 2.65. The topological polar surface area (TPSA) is 43.8 Å². The monoisotopic (exact) mass is 279 g/mol. The predicted molar refractivity (Wildman–Crippen MR) is 87.8 cm³/mol. The van der Waals surface area contributed by atoms with Gasteiger partial charge in [-0.1, -0.05) is 25.1 Å². The van der Waals surface area contributed by atoms with Crippen molar-refractivity contribution in [2.24, 2.45) is 5.73 Å². The average molecular weight is 279 g/mol. The summed E-state index contributed by atoms with van der Waals surface area (Å²) in [6.07, 6.45) is 3.83. The molecule has 0 spiro atoms. The van der Waals surface area contributed by atoms with Gasteiger partial charge < -0.3 is 5.73 Å². The van der Waals surface area contributed by atoms with Gasteiger partial charge in [0.1, 0.15) is 6.33 Å². The summed E-state index contributed by atoms with van der Waals surface area (Å²) in [4.78, 5) is 4.45. The Bertz CT molecular complexity index is 758. The average Bonchev–Trinajstić information content (AvgIpc) is 2.93. The van der Waals surface area contributed by atoms with Gasteiger partial charge in [0.15, 0.2) is 0 Å². The number of nitrogens with two attached hydrogens (primary N) is 1. The van der Waals surface area contributed by atoms with E-state index in [9.17, 15) is 0 Å². The first kappa shape index (κ1) is 13.8. The van der Waals surface area contributed by atoms with Crippen LogP contribution in [-0.4, -0.2) is 15.6 Å². The maximum absolute atomic E-state index is 6.07. The first-order valence-corrected chi connectivity index (χ1v) is 7.46. The van der Waals surface area contributed by atoms with Crippen LogP contribution >= 0.6 is 0 Å². The number of hydrogen-bond acceptors (Lipinski definition) is 2. The Morgan fingerprint density at radius 2 is 2.00 bits per heavy atom. The summed E-state index contributed by atoms with van der Waals surface area (Å²) in [5, 5.41) is 0. The van der Waals surface area contributed by atoms with Gasteiger partial charge in [0.2, 0.25) is 0 Å². The highest BCUT2D eigenvalue weighted by atomic mass is 15.0. The number of aryl methyl sites for hydroxylation is 1. The summed E-state index contributed by atoms with van der Waals surface area (Å²) in [6, 6.07) is 15.0. The SMILES string of the molecule is CCC(N)Cc1ccc(-n2cnc3ccccc32)cc1C. The molecule has 1 atom stereocenters. The molecule has 0 aliphatic heterocycles. The van der Waals surface area contributed by atoms with Crippen molar-refractivity contribution in [1.82, 2.24) is 9.55 Å². The van der Waals surface area contributed by atoms with E-state index in [2.05, 4.69) is 47.7 Å². The van der Waals surface area contributed by atoms with Crippen molar-refractivity contribution >= 4 is 11.0 Å². The van der Waals surface area contributed by atoms with Gasteiger partial charge in [0.25, 0.3) is 0 Å². The molecule has 0 saturated carbocycles. The first-order valence-electron chi connectivity index (χ1n) is 7.46. The van der Waals surface area contributed by atoms with Gasteiger partial charge in [0.05, 0.1) is 11.0 Å². The third-order valence-corrected chi connectivity index (χ3v) is 4.06. The van der Waals surface area contributed by atoms with Crippen LogP contribution in [0.5, 0.6) is 0 Å². The second-order valence-corrected chi connectivity index (χ2v) is 5.59.